The first-order valence-corrected chi connectivity index (χ1v) is 9.74. The summed E-state index contributed by atoms with van der Waals surface area (Å²) in [6.45, 7) is 1.92. The molecule has 0 radical (unpaired) electrons. The van der Waals surface area contributed by atoms with E-state index in [0.29, 0.717) is 19.6 Å². The maximum Gasteiger partial charge on any atom is 0.307 e. The van der Waals surface area contributed by atoms with Crippen LogP contribution in [0.4, 0.5) is 0 Å². The minimum atomic E-state index is -0.801. The Morgan fingerprint density at radius 1 is 1.00 bits per heavy atom. The van der Waals surface area contributed by atoms with E-state index in [0.717, 1.165) is 31.4 Å². The monoisotopic (exact) mass is 356 g/mol. The van der Waals surface area contributed by atoms with E-state index >= 15 is 0 Å². The van der Waals surface area contributed by atoms with Crippen LogP contribution in [0.15, 0.2) is 23.0 Å². The second kappa shape index (κ2) is 5.69. The Morgan fingerprint density at radius 3 is 2.54 bits per heavy atom. The number of fused-ring (bicyclic) bond motifs is 6. The van der Waals surface area contributed by atoms with Gasteiger partial charge in [0, 0.05) is 37.3 Å². The first kappa shape index (κ1) is 16.1. The predicted molar refractivity (Wildman–Crippen MR) is 93.6 cm³/mol. The highest BCUT2D eigenvalue weighted by Crippen LogP contribution is 2.53. The zero-order valence-electron chi connectivity index (χ0n) is 14.7. The normalized spacial score (nSPS) is 37.5. The van der Waals surface area contributed by atoms with Crippen molar-refractivity contribution in [2.24, 2.45) is 29.6 Å². The van der Waals surface area contributed by atoms with Gasteiger partial charge in [-0.3, -0.25) is 14.4 Å². The highest BCUT2D eigenvalue weighted by molar-refractivity contribution is 5.86. The number of amides is 1. The van der Waals surface area contributed by atoms with Crippen LogP contribution in [0.5, 0.6) is 0 Å². The standard InChI is InChI=1S/C20H24N2O4/c23-16-3-1-2-15-14-6-11(9-22(15)16)8-21(10-14)19(24)17-12-4-5-13(7-12)18(17)20(25)26/h1-3,11-14,17-18H,4-10H2,(H,25,26)/t11-,12+,13-,14-,17+,18-/m0/s1. The maximum absolute atomic E-state index is 13.3. The Labute approximate surface area is 151 Å². The number of hydrogen-bond acceptors (Lipinski definition) is 3. The number of aromatic nitrogens is 1. The third-order valence-corrected chi connectivity index (χ3v) is 7.28. The van der Waals surface area contributed by atoms with Gasteiger partial charge in [0.25, 0.3) is 5.56 Å². The summed E-state index contributed by atoms with van der Waals surface area (Å²) in [6, 6.07) is 5.39. The summed E-state index contributed by atoms with van der Waals surface area (Å²) >= 11 is 0. The summed E-state index contributed by atoms with van der Waals surface area (Å²) in [5.41, 5.74) is 1.06. The molecule has 1 aromatic rings. The Morgan fingerprint density at radius 2 is 1.77 bits per heavy atom. The van der Waals surface area contributed by atoms with E-state index in [1.54, 1.807) is 12.1 Å². The molecule has 6 nitrogen and oxygen atoms in total. The summed E-state index contributed by atoms with van der Waals surface area (Å²) in [7, 11) is 0. The topological polar surface area (TPSA) is 79.6 Å². The van der Waals surface area contributed by atoms with Gasteiger partial charge in [-0.25, -0.2) is 0 Å². The van der Waals surface area contributed by atoms with E-state index in [1.807, 2.05) is 15.5 Å². The number of likely N-dealkylation sites (tertiary alicyclic amines) is 1. The molecule has 1 saturated heterocycles. The average molecular weight is 356 g/mol. The van der Waals surface area contributed by atoms with Gasteiger partial charge < -0.3 is 14.6 Å². The summed E-state index contributed by atoms with van der Waals surface area (Å²) in [5.74, 6) is -0.716. The molecule has 0 unspecified atom stereocenters. The quantitative estimate of drug-likeness (QED) is 0.872. The highest BCUT2D eigenvalue weighted by atomic mass is 16.4. The zero-order chi connectivity index (χ0) is 18.0. The molecule has 1 aromatic heterocycles. The van der Waals surface area contributed by atoms with Crippen molar-refractivity contribution in [3.63, 3.8) is 0 Å². The van der Waals surface area contributed by atoms with Gasteiger partial charge in [0.1, 0.15) is 0 Å². The van der Waals surface area contributed by atoms with Crippen molar-refractivity contribution in [1.29, 1.82) is 0 Å². The van der Waals surface area contributed by atoms with Crippen LogP contribution in [0.25, 0.3) is 0 Å². The molecule has 1 amide bonds. The van der Waals surface area contributed by atoms with Crippen LogP contribution < -0.4 is 5.56 Å². The third kappa shape index (κ3) is 2.27. The van der Waals surface area contributed by atoms with Crippen LogP contribution in [0.1, 0.15) is 37.3 Å². The minimum Gasteiger partial charge on any atom is -0.481 e. The smallest absolute Gasteiger partial charge is 0.307 e. The number of carboxylic acids is 1. The van der Waals surface area contributed by atoms with Crippen molar-refractivity contribution in [2.45, 2.75) is 38.1 Å². The number of aliphatic carboxylic acids is 1. The van der Waals surface area contributed by atoms with Gasteiger partial charge in [0.2, 0.25) is 5.91 Å². The largest absolute Gasteiger partial charge is 0.481 e. The maximum atomic E-state index is 13.3. The molecule has 1 N–H and O–H groups in total. The fraction of sp³-hybridized carbons (Fsp3) is 0.650. The van der Waals surface area contributed by atoms with Gasteiger partial charge in [-0.1, -0.05) is 6.07 Å². The molecular weight excluding hydrogens is 332 g/mol. The van der Waals surface area contributed by atoms with E-state index in [4.69, 9.17) is 0 Å². The molecular formula is C20H24N2O4. The number of nitrogens with zero attached hydrogens (tertiary/aromatic N) is 2. The van der Waals surface area contributed by atoms with Crippen LogP contribution in [0.2, 0.25) is 0 Å². The molecule has 138 valence electrons. The Hall–Kier alpha value is -2.11. The van der Waals surface area contributed by atoms with Crippen molar-refractivity contribution in [2.75, 3.05) is 13.1 Å². The minimum absolute atomic E-state index is 0.0380. The summed E-state index contributed by atoms with van der Waals surface area (Å²) < 4.78 is 1.86. The van der Waals surface area contributed by atoms with Crippen LogP contribution in [-0.4, -0.2) is 39.5 Å². The predicted octanol–water partition coefficient (Wildman–Crippen LogP) is 1.54. The Balaban J connectivity index is 1.41. The molecule has 2 aliphatic carbocycles. The van der Waals surface area contributed by atoms with E-state index in [9.17, 15) is 19.5 Å². The SMILES string of the molecule is O=C(O)[C@H]1[C@H]2CC[C@H](C2)[C@H]1C(=O)N1C[C@@H]2C[C@@H](C1)c1cccc(=O)n1C2. The molecule has 3 fully saturated rings. The lowest BCUT2D eigenvalue weighted by atomic mass is 9.77. The molecule has 5 rings (SSSR count). The number of carboxylic acid groups (broad SMARTS) is 1. The molecule has 4 aliphatic rings. The van der Waals surface area contributed by atoms with E-state index < -0.39 is 11.9 Å². The molecule has 6 atom stereocenters. The molecule has 26 heavy (non-hydrogen) atoms. The lowest BCUT2D eigenvalue weighted by molar-refractivity contribution is -0.154. The number of piperidine rings is 1. The van der Waals surface area contributed by atoms with Gasteiger partial charge >= 0.3 is 5.97 Å². The van der Waals surface area contributed by atoms with Crippen molar-refractivity contribution in [1.82, 2.24) is 9.47 Å². The molecule has 2 aliphatic heterocycles. The molecule has 3 heterocycles. The van der Waals surface area contributed by atoms with Crippen molar-refractivity contribution in [3.8, 4) is 0 Å². The van der Waals surface area contributed by atoms with Crippen molar-refractivity contribution >= 4 is 11.9 Å². The molecule has 0 aromatic carbocycles. The van der Waals surface area contributed by atoms with E-state index in [1.165, 1.54) is 0 Å². The first-order chi connectivity index (χ1) is 12.5. The van der Waals surface area contributed by atoms with Gasteiger partial charge in [-0.2, -0.15) is 0 Å². The van der Waals surface area contributed by atoms with Crippen molar-refractivity contribution in [3.05, 3.63) is 34.2 Å². The lowest BCUT2D eigenvalue weighted by Gasteiger charge is -2.44. The Kier molecular flexibility index (Phi) is 3.52. The Bertz CT molecular complexity index is 831. The fourth-order valence-electron chi connectivity index (χ4n) is 6.29. The number of pyridine rings is 1. The highest BCUT2D eigenvalue weighted by Gasteiger charge is 2.55. The van der Waals surface area contributed by atoms with Crippen LogP contribution >= 0.6 is 0 Å². The third-order valence-electron chi connectivity index (χ3n) is 7.28. The van der Waals surface area contributed by atoms with Gasteiger partial charge in [0.15, 0.2) is 0 Å². The van der Waals surface area contributed by atoms with Crippen LogP contribution in [-0.2, 0) is 16.1 Å². The van der Waals surface area contributed by atoms with Crippen LogP contribution in [0.3, 0.4) is 0 Å². The number of carbonyl (C=O) groups is 2. The zero-order valence-corrected chi connectivity index (χ0v) is 14.7. The lowest BCUT2D eigenvalue weighted by Crippen LogP contribution is -2.52. The molecule has 0 spiro atoms. The van der Waals surface area contributed by atoms with Gasteiger partial charge in [-0.15, -0.1) is 0 Å². The first-order valence-electron chi connectivity index (χ1n) is 9.74. The molecule has 4 bridgehead atoms. The molecule has 2 saturated carbocycles. The number of rotatable bonds is 2. The summed E-state index contributed by atoms with van der Waals surface area (Å²) in [5, 5.41) is 9.67. The van der Waals surface area contributed by atoms with Crippen molar-refractivity contribution < 1.29 is 14.7 Å². The van der Waals surface area contributed by atoms with E-state index in [2.05, 4.69) is 0 Å². The molecule has 6 heteroatoms. The second-order valence-corrected chi connectivity index (χ2v) is 8.66. The second-order valence-electron chi connectivity index (χ2n) is 8.66. The fourth-order valence-corrected chi connectivity index (χ4v) is 6.29. The summed E-state index contributed by atoms with van der Waals surface area (Å²) in [6.07, 6.45) is 3.84. The van der Waals surface area contributed by atoms with Gasteiger partial charge in [-0.05, 0) is 49.5 Å². The average Bonchev–Trinajstić information content (AvgIpc) is 3.23. The van der Waals surface area contributed by atoms with E-state index in [-0.39, 0.29) is 41.1 Å². The van der Waals surface area contributed by atoms with Gasteiger partial charge in [0.05, 0.1) is 11.8 Å². The number of carbonyl (C=O) groups excluding carboxylic acids is 1. The van der Waals surface area contributed by atoms with Crippen LogP contribution in [0, 0.1) is 29.6 Å². The summed E-state index contributed by atoms with van der Waals surface area (Å²) in [4.78, 5) is 39.1. The number of hydrogen-bond donors (Lipinski definition) is 1.